The highest BCUT2D eigenvalue weighted by Crippen LogP contribution is 2.21. The Balaban J connectivity index is 2.17. The molecule has 0 aliphatic carbocycles. The number of rotatable bonds is 2. The van der Waals surface area contributed by atoms with Crippen LogP contribution in [0.4, 0.5) is 0 Å². The molecule has 0 radical (unpaired) electrons. The molecular formula is C16H13ClN2O3S2. The number of hydrogen-bond acceptors (Lipinski definition) is 4. The average Bonchev–Trinajstić information content (AvgIpc) is 2.82. The standard InChI is InChI=1S/C16H13ClN2O3S2/c1-19-12-8-7-10(17)9-13(12)23-16(19)18-15(20)11-5-3-4-6-14(11)24(2,21)22/h3-9H,1-2H3. The minimum atomic E-state index is -3.51. The van der Waals surface area contributed by atoms with Crippen molar-refractivity contribution in [2.24, 2.45) is 12.0 Å². The fourth-order valence-electron chi connectivity index (χ4n) is 2.33. The number of sulfone groups is 1. The van der Waals surface area contributed by atoms with Gasteiger partial charge >= 0.3 is 0 Å². The third kappa shape index (κ3) is 3.15. The highest BCUT2D eigenvalue weighted by atomic mass is 35.5. The number of aryl methyl sites for hydroxylation is 1. The second kappa shape index (κ2) is 6.16. The molecule has 0 spiro atoms. The Hall–Kier alpha value is -1.96. The minimum Gasteiger partial charge on any atom is -0.319 e. The number of thiazole rings is 1. The van der Waals surface area contributed by atoms with Gasteiger partial charge in [0.2, 0.25) is 0 Å². The van der Waals surface area contributed by atoms with Crippen LogP contribution in [0.15, 0.2) is 52.4 Å². The molecule has 5 nitrogen and oxygen atoms in total. The number of amides is 1. The summed E-state index contributed by atoms with van der Waals surface area (Å²) in [5.74, 6) is -0.593. The van der Waals surface area contributed by atoms with Crippen LogP contribution in [0.2, 0.25) is 5.02 Å². The molecule has 0 aliphatic heterocycles. The van der Waals surface area contributed by atoms with Crippen LogP contribution in [-0.2, 0) is 16.9 Å². The van der Waals surface area contributed by atoms with Gasteiger partial charge in [0.1, 0.15) is 0 Å². The smallest absolute Gasteiger partial charge is 0.280 e. The van der Waals surface area contributed by atoms with Crippen LogP contribution in [-0.4, -0.2) is 25.1 Å². The molecule has 124 valence electrons. The van der Waals surface area contributed by atoms with Crippen molar-refractivity contribution in [3.05, 3.63) is 57.9 Å². The van der Waals surface area contributed by atoms with Gasteiger partial charge in [0.25, 0.3) is 5.91 Å². The maximum Gasteiger partial charge on any atom is 0.280 e. The fourth-order valence-corrected chi connectivity index (χ4v) is 4.50. The van der Waals surface area contributed by atoms with E-state index in [1.165, 1.54) is 23.5 Å². The zero-order chi connectivity index (χ0) is 17.5. The van der Waals surface area contributed by atoms with Crippen molar-refractivity contribution in [2.75, 3.05) is 6.26 Å². The van der Waals surface area contributed by atoms with Gasteiger partial charge in [-0.1, -0.05) is 35.1 Å². The molecule has 0 unspecified atom stereocenters. The zero-order valence-corrected chi connectivity index (χ0v) is 15.2. The van der Waals surface area contributed by atoms with E-state index in [9.17, 15) is 13.2 Å². The van der Waals surface area contributed by atoms with Crippen molar-refractivity contribution in [1.29, 1.82) is 0 Å². The van der Waals surface area contributed by atoms with Crippen LogP contribution in [0.3, 0.4) is 0 Å². The average molecular weight is 381 g/mol. The summed E-state index contributed by atoms with van der Waals surface area (Å²) in [5.41, 5.74) is 0.961. The number of hydrogen-bond donors (Lipinski definition) is 0. The first-order valence-electron chi connectivity index (χ1n) is 6.90. The molecule has 0 saturated carbocycles. The van der Waals surface area contributed by atoms with Gasteiger partial charge in [0.05, 0.1) is 20.7 Å². The van der Waals surface area contributed by atoms with Crippen LogP contribution < -0.4 is 4.80 Å². The summed E-state index contributed by atoms with van der Waals surface area (Å²) in [6.07, 6.45) is 1.07. The number of benzene rings is 2. The fraction of sp³-hybridized carbons (Fsp3) is 0.125. The van der Waals surface area contributed by atoms with Crippen molar-refractivity contribution >= 4 is 48.9 Å². The Labute approximate surface area is 147 Å². The Bertz CT molecular complexity index is 1130. The van der Waals surface area contributed by atoms with Crippen LogP contribution >= 0.6 is 22.9 Å². The summed E-state index contributed by atoms with van der Waals surface area (Å²) < 4.78 is 26.4. The van der Waals surface area contributed by atoms with Crippen molar-refractivity contribution < 1.29 is 13.2 Å². The molecule has 0 bridgehead atoms. The maximum absolute atomic E-state index is 12.5. The first kappa shape index (κ1) is 16.9. The molecule has 3 rings (SSSR count). The largest absolute Gasteiger partial charge is 0.319 e. The highest BCUT2D eigenvalue weighted by Gasteiger charge is 2.18. The van der Waals surface area contributed by atoms with E-state index in [0.717, 1.165) is 16.5 Å². The second-order valence-electron chi connectivity index (χ2n) is 5.24. The van der Waals surface area contributed by atoms with E-state index < -0.39 is 15.7 Å². The normalized spacial score (nSPS) is 12.7. The van der Waals surface area contributed by atoms with E-state index in [2.05, 4.69) is 4.99 Å². The van der Waals surface area contributed by atoms with E-state index in [4.69, 9.17) is 11.6 Å². The van der Waals surface area contributed by atoms with E-state index in [1.54, 1.807) is 35.9 Å². The minimum absolute atomic E-state index is 0.0226. The van der Waals surface area contributed by atoms with E-state index in [1.807, 2.05) is 6.07 Å². The number of carbonyl (C=O) groups is 1. The summed E-state index contributed by atoms with van der Waals surface area (Å²) in [4.78, 5) is 17.1. The van der Waals surface area contributed by atoms with Gasteiger partial charge in [0, 0.05) is 18.3 Å². The molecule has 24 heavy (non-hydrogen) atoms. The second-order valence-corrected chi connectivity index (χ2v) is 8.67. The number of fused-ring (bicyclic) bond motifs is 1. The quantitative estimate of drug-likeness (QED) is 0.686. The predicted molar refractivity (Wildman–Crippen MR) is 95.3 cm³/mol. The van der Waals surface area contributed by atoms with Crippen molar-refractivity contribution in [3.8, 4) is 0 Å². The summed E-state index contributed by atoms with van der Waals surface area (Å²) in [6.45, 7) is 0. The summed E-state index contributed by atoms with van der Waals surface area (Å²) in [5, 5.41) is 0.602. The lowest BCUT2D eigenvalue weighted by Crippen LogP contribution is -2.14. The molecule has 0 aliphatic rings. The summed E-state index contributed by atoms with van der Waals surface area (Å²) in [7, 11) is -1.72. The molecule has 2 aromatic carbocycles. The molecule has 0 saturated heterocycles. The summed E-state index contributed by atoms with van der Waals surface area (Å²) >= 11 is 7.30. The molecule has 0 N–H and O–H groups in total. The monoisotopic (exact) mass is 380 g/mol. The zero-order valence-electron chi connectivity index (χ0n) is 12.9. The SMILES string of the molecule is Cn1c(=NC(=O)c2ccccc2S(C)(=O)=O)sc2cc(Cl)ccc21. The Morgan fingerprint density at radius 2 is 1.92 bits per heavy atom. The van der Waals surface area contributed by atoms with Gasteiger partial charge in [-0.05, 0) is 30.3 Å². The third-order valence-electron chi connectivity index (χ3n) is 3.49. The molecule has 3 aromatic rings. The van der Waals surface area contributed by atoms with Crippen LogP contribution in [0.5, 0.6) is 0 Å². The number of halogens is 1. The first-order valence-corrected chi connectivity index (χ1v) is 9.99. The van der Waals surface area contributed by atoms with Gasteiger partial charge in [-0.15, -0.1) is 0 Å². The number of aromatic nitrogens is 1. The topological polar surface area (TPSA) is 68.5 Å². The van der Waals surface area contributed by atoms with Crippen molar-refractivity contribution in [3.63, 3.8) is 0 Å². The lowest BCUT2D eigenvalue weighted by Gasteiger charge is -2.03. The van der Waals surface area contributed by atoms with Crippen LogP contribution in [0.1, 0.15) is 10.4 Å². The molecular weight excluding hydrogens is 368 g/mol. The van der Waals surface area contributed by atoms with E-state index in [-0.39, 0.29) is 10.5 Å². The molecule has 0 atom stereocenters. The van der Waals surface area contributed by atoms with Gasteiger partial charge in [0.15, 0.2) is 14.6 Å². The maximum atomic E-state index is 12.5. The van der Waals surface area contributed by atoms with Gasteiger partial charge in [-0.2, -0.15) is 4.99 Å². The Morgan fingerprint density at radius 3 is 2.62 bits per heavy atom. The lowest BCUT2D eigenvalue weighted by atomic mass is 10.2. The number of nitrogens with zero attached hydrogens (tertiary/aromatic N) is 2. The molecule has 1 amide bonds. The van der Waals surface area contributed by atoms with E-state index in [0.29, 0.717) is 9.82 Å². The molecule has 0 fully saturated rings. The number of carbonyl (C=O) groups excluding carboxylic acids is 1. The van der Waals surface area contributed by atoms with Crippen molar-refractivity contribution in [2.45, 2.75) is 4.90 Å². The van der Waals surface area contributed by atoms with Gasteiger partial charge in [-0.3, -0.25) is 4.79 Å². The first-order chi connectivity index (χ1) is 11.3. The predicted octanol–water partition coefficient (Wildman–Crippen LogP) is 3.04. The summed E-state index contributed by atoms with van der Waals surface area (Å²) in [6, 6.07) is 11.5. The van der Waals surface area contributed by atoms with Gasteiger partial charge in [-0.25, -0.2) is 8.42 Å². The van der Waals surface area contributed by atoms with Crippen molar-refractivity contribution in [1.82, 2.24) is 4.57 Å². The molecule has 8 heteroatoms. The van der Waals surface area contributed by atoms with Crippen LogP contribution in [0, 0.1) is 0 Å². The highest BCUT2D eigenvalue weighted by molar-refractivity contribution is 7.90. The Kier molecular flexibility index (Phi) is 4.33. The van der Waals surface area contributed by atoms with Gasteiger partial charge < -0.3 is 4.57 Å². The third-order valence-corrected chi connectivity index (χ3v) is 5.97. The van der Waals surface area contributed by atoms with Crippen LogP contribution in [0.25, 0.3) is 10.2 Å². The molecule has 1 heterocycles. The van der Waals surface area contributed by atoms with E-state index >= 15 is 0 Å². The lowest BCUT2D eigenvalue weighted by molar-refractivity contribution is 0.0995. The molecule has 1 aromatic heterocycles. The Morgan fingerprint density at radius 1 is 1.21 bits per heavy atom.